The summed E-state index contributed by atoms with van der Waals surface area (Å²) < 4.78 is 1.84. The summed E-state index contributed by atoms with van der Waals surface area (Å²) in [5, 5.41) is 2.70. The molecular formula is C23H24N4O4. The number of aromatic nitrogens is 1. The summed E-state index contributed by atoms with van der Waals surface area (Å²) in [6.45, 7) is 1.84. The number of rotatable bonds is 4. The molecule has 4 heterocycles. The van der Waals surface area contributed by atoms with E-state index in [1.165, 1.54) is 0 Å². The van der Waals surface area contributed by atoms with E-state index < -0.39 is 12.1 Å². The highest BCUT2D eigenvalue weighted by atomic mass is 16.2. The molecular weight excluding hydrogens is 396 g/mol. The molecule has 2 saturated heterocycles. The van der Waals surface area contributed by atoms with E-state index in [0.717, 1.165) is 17.0 Å². The fourth-order valence-electron chi connectivity index (χ4n) is 5.07. The molecule has 1 aromatic heterocycles. The van der Waals surface area contributed by atoms with Gasteiger partial charge in [-0.2, -0.15) is 0 Å². The van der Waals surface area contributed by atoms with Gasteiger partial charge in [-0.05, 0) is 37.0 Å². The third-order valence-electron chi connectivity index (χ3n) is 6.51. The summed E-state index contributed by atoms with van der Waals surface area (Å²) in [6, 6.07) is 13.0. The predicted molar refractivity (Wildman–Crippen MR) is 114 cm³/mol. The van der Waals surface area contributed by atoms with Gasteiger partial charge in [-0.15, -0.1) is 0 Å². The second-order valence-electron chi connectivity index (χ2n) is 8.55. The Balaban J connectivity index is 1.22. The normalized spacial score (nSPS) is 24.7. The van der Waals surface area contributed by atoms with Crippen molar-refractivity contribution in [3.05, 3.63) is 64.6 Å². The van der Waals surface area contributed by atoms with E-state index in [1.807, 2.05) is 21.6 Å². The lowest BCUT2D eigenvalue weighted by molar-refractivity contribution is -0.134. The molecule has 0 spiro atoms. The third-order valence-corrected chi connectivity index (χ3v) is 6.51. The average molecular weight is 420 g/mol. The maximum atomic E-state index is 12.9. The Kier molecular flexibility index (Phi) is 4.84. The van der Waals surface area contributed by atoms with Crippen molar-refractivity contribution in [2.75, 3.05) is 18.0 Å². The summed E-state index contributed by atoms with van der Waals surface area (Å²) >= 11 is 0. The Hall–Kier alpha value is -3.42. The fourth-order valence-corrected chi connectivity index (χ4v) is 5.07. The van der Waals surface area contributed by atoms with Gasteiger partial charge in [-0.1, -0.05) is 24.3 Å². The van der Waals surface area contributed by atoms with Crippen LogP contribution in [0.25, 0.3) is 0 Å². The summed E-state index contributed by atoms with van der Waals surface area (Å²) in [5.74, 6) is 0.0814. The maximum Gasteiger partial charge on any atom is 0.329 e. The lowest BCUT2D eigenvalue weighted by Gasteiger charge is -2.42. The molecule has 1 N–H and O–H groups in total. The smallest absolute Gasteiger partial charge is 0.329 e. The van der Waals surface area contributed by atoms with Crippen LogP contribution >= 0.6 is 0 Å². The Morgan fingerprint density at radius 2 is 1.77 bits per heavy atom. The Morgan fingerprint density at radius 3 is 2.58 bits per heavy atom. The van der Waals surface area contributed by atoms with Crippen LogP contribution in [0.5, 0.6) is 0 Å². The van der Waals surface area contributed by atoms with Gasteiger partial charge in [0.25, 0.3) is 11.5 Å². The maximum absolute atomic E-state index is 12.9. The number of urea groups is 1. The highest BCUT2D eigenvalue weighted by Crippen LogP contribution is 2.35. The SMILES string of the molecule is O=C(CCC1NC(=O)N(c2ccccc2)C1=O)N1CC2CC(C1)c1cccc(=O)n1C2. The number of likely N-dealkylation sites (tertiary alicyclic amines) is 1. The number of carbonyl (C=O) groups excluding carboxylic acids is 3. The molecule has 3 atom stereocenters. The highest BCUT2D eigenvalue weighted by Gasteiger charge is 2.40. The molecule has 0 radical (unpaired) electrons. The van der Waals surface area contributed by atoms with Crippen LogP contribution in [0.4, 0.5) is 10.5 Å². The second kappa shape index (κ2) is 7.68. The number of pyridine rings is 1. The number of nitrogens with zero attached hydrogens (tertiary/aromatic N) is 3. The van der Waals surface area contributed by atoms with Crippen LogP contribution < -0.4 is 15.8 Å². The predicted octanol–water partition coefficient (Wildman–Crippen LogP) is 1.70. The topological polar surface area (TPSA) is 91.7 Å². The Morgan fingerprint density at radius 1 is 0.968 bits per heavy atom. The van der Waals surface area contributed by atoms with Crippen LogP contribution in [0.1, 0.15) is 30.9 Å². The third kappa shape index (κ3) is 3.52. The number of hydrogen-bond acceptors (Lipinski definition) is 4. The number of amides is 4. The van der Waals surface area contributed by atoms with Gasteiger partial charge >= 0.3 is 6.03 Å². The van der Waals surface area contributed by atoms with Crippen molar-refractivity contribution in [1.29, 1.82) is 0 Å². The van der Waals surface area contributed by atoms with Crippen molar-refractivity contribution in [1.82, 2.24) is 14.8 Å². The molecule has 8 nitrogen and oxygen atoms in total. The number of fused-ring (bicyclic) bond motifs is 4. The van der Waals surface area contributed by atoms with Gasteiger partial charge in [0.1, 0.15) is 6.04 Å². The van der Waals surface area contributed by atoms with Gasteiger partial charge < -0.3 is 14.8 Å². The zero-order valence-corrected chi connectivity index (χ0v) is 17.1. The van der Waals surface area contributed by atoms with E-state index in [4.69, 9.17) is 0 Å². The minimum atomic E-state index is -0.694. The monoisotopic (exact) mass is 420 g/mol. The van der Waals surface area contributed by atoms with Crippen LogP contribution in [0.3, 0.4) is 0 Å². The first kappa shape index (κ1) is 19.5. The van der Waals surface area contributed by atoms with Crippen LogP contribution in [0, 0.1) is 5.92 Å². The van der Waals surface area contributed by atoms with Crippen LogP contribution in [0.15, 0.2) is 53.3 Å². The van der Waals surface area contributed by atoms with Gasteiger partial charge in [-0.3, -0.25) is 14.4 Å². The van der Waals surface area contributed by atoms with E-state index in [0.29, 0.717) is 25.3 Å². The molecule has 4 amide bonds. The van der Waals surface area contributed by atoms with Gasteiger partial charge in [0.05, 0.1) is 5.69 Å². The molecule has 3 aliphatic heterocycles. The Bertz CT molecular complexity index is 1100. The van der Waals surface area contributed by atoms with E-state index >= 15 is 0 Å². The molecule has 0 saturated carbocycles. The first-order valence-electron chi connectivity index (χ1n) is 10.7. The van der Waals surface area contributed by atoms with Gasteiger partial charge in [0.15, 0.2) is 0 Å². The first-order valence-corrected chi connectivity index (χ1v) is 10.7. The van der Waals surface area contributed by atoms with Crippen LogP contribution in [0.2, 0.25) is 0 Å². The summed E-state index contributed by atoms with van der Waals surface area (Å²) in [7, 11) is 0. The van der Waals surface area contributed by atoms with E-state index in [9.17, 15) is 19.2 Å². The molecule has 3 unspecified atom stereocenters. The number of carbonyl (C=O) groups is 3. The zero-order valence-electron chi connectivity index (χ0n) is 17.1. The Labute approximate surface area is 179 Å². The highest BCUT2D eigenvalue weighted by molar-refractivity contribution is 6.21. The summed E-state index contributed by atoms with van der Waals surface area (Å²) in [5.41, 5.74) is 1.54. The molecule has 8 heteroatoms. The van der Waals surface area contributed by atoms with Gasteiger partial charge in [-0.25, -0.2) is 9.69 Å². The van der Waals surface area contributed by atoms with Gasteiger partial charge in [0.2, 0.25) is 5.91 Å². The first-order chi connectivity index (χ1) is 15.0. The molecule has 2 aromatic rings. The van der Waals surface area contributed by atoms with Crippen molar-refractivity contribution in [3.63, 3.8) is 0 Å². The fraction of sp³-hybridized carbons (Fsp3) is 0.391. The molecule has 31 heavy (non-hydrogen) atoms. The minimum Gasteiger partial charge on any atom is -0.342 e. The molecule has 160 valence electrons. The number of para-hydroxylation sites is 1. The molecule has 1 aromatic carbocycles. The average Bonchev–Trinajstić information content (AvgIpc) is 3.06. The van der Waals surface area contributed by atoms with E-state index in [1.54, 1.807) is 36.4 Å². The van der Waals surface area contributed by atoms with Crippen LogP contribution in [-0.2, 0) is 16.1 Å². The van der Waals surface area contributed by atoms with Crippen LogP contribution in [-0.4, -0.2) is 46.4 Å². The molecule has 0 aliphatic carbocycles. The van der Waals surface area contributed by atoms with Crippen molar-refractivity contribution in [2.45, 2.75) is 37.8 Å². The minimum absolute atomic E-state index is 0.0124. The van der Waals surface area contributed by atoms with E-state index in [2.05, 4.69) is 5.32 Å². The zero-order chi connectivity index (χ0) is 21.5. The quantitative estimate of drug-likeness (QED) is 0.762. The summed E-state index contributed by atoms with van der Waals surface area (Å²) in [6.07, 6.45) is 1.45. The number of hydrogen-bond donors (Lipinski definition) is 1. The second-order valence-corrected chi connectivity index (χ2v) is 8.55. The van der Waals surface area contributed by atoms with Crippen molar-refractivity contribution >= 4 is 23.5 Å². The lowest BCUT2D eigenvalue weighted by Crippen LogP contribution is -2.49. The summed E-state index contributed by atoms with van der Waals surface area (Å²) in [4.78, 5) is 53.1. The molecule has 5 rings (SSSR count). The lowest BCUT2D eigenvalue weighted by atomic mass is 9.83. The number of anilines is 1. The van der Waals surface area contributed by atoms with Crippen molar-refractivity contribution < 1.29 is 14.4 Å². The number of piperidine rings is 1. The molecule has 3 aliphatic rings. The van der Waals surface area contributed by atoms with E-state index in [-0.39, 0.29) is 42.1 Å². The molecule has 2 fully saturated rings. The standard InChI is InChI=1S/C23H24N4O4/c28-20(10-9-18-22(30)27(23(31)24-18)17-5-2-1-3-6-17)25-12-15-11-16(14-25)19-7-4-8-21(29)26(19)13-15/h1-8,15-16,18H,9-14H2,(H,24,31). The number of imide groups is 1. The largest absolute Gasteiger partial charge is 0.342 e. The van der Waals surface area contributed by atoms with Gasteiger partial charge in [0, 0.05) is 43.7 Å². The van der Waals surface area contributed by atoms with Crippen molar-refractivity contribution in [3.8, 4) is 0 Å². The van der Waals surface area contributed by atoms with Crippen molar-refractivity contribution in [2.24, 2.45) is 5.92 Å². The molecule has 2 bridgehead atoms. The number of benzene rings is 1. The number of nitrogens with one attached hydrogen (secondary N) is 1.